The highest BCUT2D eigenvalue weighted by atomic mass is 127. The predicted octanol–water partition coefficient (Wildman–Crippen LogP) is 3.99. The molecule has 0 saturated carbocycles. The van der Waals surface area contributed by atoms with Crippen LogP contribution in [-0.4, -0.2) is 69.1 Å². The average molecular weight is 522 g/mol. The standard InChI is InChI=1S/C21H36ClN5.HI/c1-5-6-13-27-14-11-19(12-15-27)25-21(23-2)24-16-20(26(3)4)17-7-9-18(22)10-8-17;/h7-10,19-20H,5-6,11-16H2,1-4H3,(H2,23,24,25);1H. The molecule has 5 nitrogen and oxygen atoms in total. The number of piperidine rings is 1. The minimum absolute atomic E-state index is 0. The molecule has 0 spiro atoms. The summed E-state index contributed by atoms with van der Waals surface area (Å²) in [7, 11) is 6.05. The first-order valence-electron chi connectivity index (χ1n) is 10.1. The van der Waals surface area contributed by atoms with E-state index >= 15 is 0 Å². The zero-order valence-electron chi connectivity index (χ0n) is 17.7. The molecule has 1 fully saturated rings. The zero-order chi connectivity index (χ0) is 19.6. The molecule has 1 aliphatic heterocycles. The van der Waals surface area contributed by atoms with E-state index in [1.165, 1.54) is 50.9 Å². The van der Waals surface area contributed by atoms with Crippen molar-refractivity contribution < 1.29 is 0 Å². The largest absolute Gasteiger partial charge is 0.354 e. The fourth-order valence-corrected chi connectivity index (χ4v) is 3.67. The van der Waals surface area contributed by atoms with Gasteiger partial charge in [-0.05, 0) is 57.6 Å². The van der Waals surface area contributed by atoms with Crippen molar-refractivity contribution in [2.45, 2.75) is 44.7 Å². The van der Waals surface area contributed by atoms with Gasteiger partial charge < -0.3 is 20.4 Å². The third-order valence-corrected chi connectivity index (χ3v) is 5.57. The molecule has 0 radical (unpaired) electrons. The van der Waals surface area contributed by atoms with Gasteiger partial charge in [0.2, 0.25) is 0 Å². The second-order valence-corrected chi connectivity index (χ2v) is 8.03. The molecular formula is C21H37ClIN5. The quantitative estimate of drug-likeness (QED) is 0.308. The molecule has 1 aliphatic rings. The van der Waals surface area contributed by atoms with E-state index in [0.29, 0.717) is 6.04 Å². The number of unbranched alkanes of at least 4 members (excludes halogenated alkanes) is 1. The lowest BCUT2D eigenvalue weighted by atomic mass is 10.0. The molecule has 1 unspecified atom stereocenters. The molecule has 2 N–H and O–H groups in total. The van der Waals surface area contributed by atoms with Crippen LogP contribution in [0.2, 0.25) is 5.02 Å². The van der Waals surface area contributed by atoms with Gasteiger partial charge in [0.05, 0.1) is 6.04 Å². The summed E-state index contributed by atoms with van der Waals surface area (Å²) in [5.74, 6) is 0.892. The second kappa shape index (κ2) is 13.6. The molecule has 0 aliphatic carbocycles. The fourth-order valence-electron chi connectivity index (χ4n) is 3.55. The second-order valence-electron chi connectivity index (χ2n) is 7.60. The third-order valence-electron chi connectivity index (χ3n) is 5.32. The molecule has 0 bridgehead atoms. The van der Waals surface area contributed by atoms with E-state index in [1.807, 2.05) is 19.2 Å². The maximum absolute atomic E-state index is 6.03. The average Bonchev–Trinajstić information content (AvgIpc) is 2.67. The van der Waals surface area contributed by atoms with Gasteiger partial charge in [-0.25, -0.2) is 0 Å². The Kier molecular flexibility index (Phi) is 12.4. The van der Waals surface area contributed by atoms with Gasteiger partial charge in [-0.15, -0.1) is 24.0 Å². The van der Waals surface area contributed by atoms with Gasteiger partial charge in [0.15, 0.2) is 5.96 Å². The number of hydrogen-bond donors (Lipinski definition) is 2. The van der Waals surface area contributed by atoms with Crippen molar-refractivity contribution in [2.24, 2.45) is 4.99 Å². The van der Waals surface area contributed by atoms with Gasteiger partial charge in [0, 0.05) is 37.7 Å². The zero-order valence-corrected chi connectivity index (χ0v) is 20.8. The van der Waals surface area contributed by atoms with Gasteiger partial charge in [-0.3, -0.25) is 4.99 Å². The van der Waals surface area contributed by atoms with Crippen molar-refractivity contribution in [2.75, 3.05) is 47.3 Å². The van der Waals surface area contributed by atoms with Crippen LogP contribution in [0.25, 0.3) is 0 Å². The van der Waals surface area contributed by atoms with Crippen molar-refractivity contribution in [3.63, 3.8) is 0 Å². The van der Waals surface area contributed by atoms with E-state index in [1.54, 1.807) is 0 Å². The summed E-state index contributed by atoms with van der Waals surface area (Å²) >= 11 is 6.03. The lowest BCUT2D eigenvalue weighted by Crippen LogP contribution is -2.49. The van der Waals surface area contributed by atoms with E-state index in [9.17, 15) is 0 Å². The Hall–Kier alpha value is -0.570. The summed E-state index contributed by atoms with van der Waals surface area (Å²) in [5.41, 5.74) is 1.25. The lowest BCUT2D eigenvalue weighted by molar-refractivity contribution is 0.203. The first-order valence-corrected chi connectivity index (χ1v) is 10.5. The van der Waals surface area contributed by atoms with E-state index in [4.69, 9.17) is 11.6 Å². The number of nitrogens with zero attached hydrogens (tertiary/aromatic N) is 3. The number of rotatable bonds is 8. The number of guanidine groups is 1. The Balaban J connectivity index is 0.00000392. The first kappa shape index (κ1) is 25.5. The van der Waals surface area contributed by atoms with Crippen molar-refractivity contribution in [3.8, 4) is 0 Å². The Morgan fingerprint density at radius 1 is 1.25 bits per heavy atom. The summed E-state index contributed by atoms with van der Waals surface area (Å²) in [5, 5.41) is 7.89. The van der Waals surface area contributed by atoms with Crippen LogP contribution in [0.3, 0.4) is 0 Å². The van der Waals surface area contributed by atoms with Gasteiger partial charge in [0.25, 0.3) is 0 Å². The molecule has 2 rings (SSSR count). The molecule has 7 heteroatoms. The lowest BCUT2D eigenvalue weighted by Gasteiger charge is -2.33. The highest BCUT2D eigenvalue weighted by Crippen LogP contribution is 2.20. The molecule has 1 aromatic carbocycles. The molecule has 1 heterocycles. The van der Waals surface area contributed by atoms with Crippen LogP contribution in [0.4, 0.5) is 0 Å². The van der Waals surface area contributed by atoms with Crippen molar-refractivity contribution in [3.05, 3.63) is 34.9 Å². The van der Waals surface area contributed by atoms with E-state index < -0.39 is 0 Å². The van der Waals surface area contributed by atoms with Crippen LogP contribution in [0.1, 0.15) is 44.2 Å². The normalized spacial score (nSPS) is 17.3. The SMILES string of the molecule is CCCCN1CCC(NC(=NC)NCC(c2ccc(Cl)cc2)N(C)C)CC1.I. The molecular weight excluding hydrogens is 485 g/mol. The van der Waals surface area contributed by atoms with Crippen LogP contribution in [0, 0.1) is 0 Å². The molecule has 1 saturated heterocycles. The fraction of sp³-hybridized carbons (Fsp3) is 0.667. The van der Waals surface area contributed by atoms with E-state index in [2.05, 4.69) is 58.6 Å². The van der Waals surface area contributed by atoms with Gasteiger partial charge in [-0.1, -0.05) is 37.1 Å². The third kappa shape index (κ3) is 8.43. The van der Waals surface area contributed by atoms with Crippen LogP contribution in [0.15, 0.2) is 29.3 Å². The molecule has 1 aromatic rings. The molecule has 1 atom stereocenters. The summed E-state index contributed by atoms with van der Waals surface area (Å²) < 4.78 is 0. The van der Waals surface area contributed by atoms with Crippen LogP contribution in [0.5, 0.6) is 0 Å². The minimum atomic E-state index is 0. The predicted molar refractivity (Wildman–Crippen MR) is 132 cm³/mol. The topological polar surface area (TPSA) is 42.9 Å². The number of aliphatic imine (C=N–C) groups is 1. The van der Waals surface area contributed by atoms with Crippen LogP contribution >= 0.6 is 35.6 Å². The number of likely N-dealkylation sites (N-methyl/N-ethyl adjacent to an activating group) is 1. The molecule has 160 valence electrons. The van der Waals surface area contributed by atoms with Crippen molar-refractivity contribution >= 4 is 41.5 Å². The van der Waals surface area contributed by atoms with Crippen LogP contribution in [-0.2, 0) is 0 Å². The highest BCUT2D eigenvalue weighted by molar-refractivity contribution is 14.0. The molecule has 28 heavy (non-hydrogen) atoms. The van der Waals surface area contributed by atoms with Gasteiger partial charge in [0.1, 0.15) is 0 Å². The minimum Gasteiger partial charge on any atom is -0.354 e. The summed E-state index contributed by atoms with van der Waals surface area (Å²) in [6, 6.07) is 8.85. The van der Waals surface area contributed by atoms with E-state index in [-0.39, 0.29) is 30.0 Å². The Morgan fingerprint density at radius 2 is 1.89 bits per heavy atom. The number of likely N-dealkylation sites (tertiary alicyclic amines) is 1. The van der Waals surface area contributed by atoms with E-state index in [0.717, 1.165) is 17.5 Å². The molecule has 0 amide bonds. The van der Waals surface area contributed by atoms with Crippen molar-refractivity contribution in [1.82, 2.24) is 20.4 Å². The highest BCUT2D eigenvalue weighted by Gasteiger charge is 2.20. The first-order chi connectivity index (χ1) is 13.0. The molecule has 0 aromatic heterocycles. The Labute approximate surface area is 193 Å². The van der Waals surface area contributed by atoms with Crippen molar-refractivity contribution in [1.29, 1.82) is 0 Å². The Bertz CT molecular complexity index is 571. The summed E-state index contributed by atoms with van der Waals surface area (Å²) in [6.07, 6.45) is 4.94. The van der Waals surface area contributed by atoms with Gasteiger partial charge >= 0.3 is 0 Å². The smallest absolute Gasteiger partial charge is 0.191 e. The van der Waals surface area contributed by atoms with Crippen LogP contribution < -0.4 is 10.6 Å². The number of benzene rings is 1. The van der Waals surface area contributed by atoms with Gasteiger partial charge in [-0.2, -0.15) is 0 Å². The maximum atomic E-state index is 6.03. The Morgan fingerprint density at radius 3 is 2.43 bits per heavy atom. The maximum Gasteiger partial charge on any atom is 0.191 e. The summed E-state index contributed by atoms with van der Waals surface area (Å²) in [4.78, 5) is 9.23. The number of hydrogen-bond acceptors (Lipinski definition) is 3. The number of nitrogens with one attached hydrogen (secondary N) is 2. The monoisotopic (exact) mass is 521 g/mol. The summed E-state index contributed by atoms with van der Waals surface area (Å²) in [6.45, 7) is 6.65. The number of halogens is 2.